The minimum atomic E-state index is 0.163. The van der Waals surface area contributed by atoms with E-state index in [-0.39, 0.29) is 6.10 Å². The quantitative estimate of drug-likeness (QED) is 0.778. The number of hydrogen-bond acceptors (Lipinski definition) is 2. The number of hydrogen-bond donors (Lipinski definition) is 1. The molecular weight excluding hydrogens is 262 g/mol. The summed E-state index contributed by atoms with van der Waals surface area (Å²) in [6, 6.07) is 15.5. The van der Waals surface area contributed by atoms with E-state index in [1.807, 2.05) is 38.1 Å². The summed E-state index contributed by atoms with van der Waals surface area (Å²) < 4.78 is 8.05. The summed E-state index contributed by atoms with van der Waals surface area (Å²) in [5.41, 5.74) is 2.31. The molecule has 3 aromatic rings. The van der Waals surface area contributed by atoms with Gasteiger partial charge in [0.1, 0.15) is 11.5 Å². The number of rotatable bonds is 4. The predicted octanol–water partition coefficient (Wildman–Crippen LogP) is 4.18. The van der Waals surface area contributed by atoms with Crippen molar-refractivity contribution < 1.29 is 9.84 Å². The van der Waals surface area contributed by atoms with Crippen molar-refractivity contribution >= 4 is 10.9 Å². The molecule has 0 bridgehead atoms. The van der Waals surface area contributed by atoms with Crippen molar-refractivity contribution in [1.29, 1.82) is 0 Å². The summed E-state index contributed by atoms with van der Waals surface area (Å²) in [6.07, 6.45) is 2.24. The maximum absolute atomic E-state index is 9.35. The molecule has 0 spiro atoms. The lowest BCUT2D eigenvalue weighted by Gasteiger charge is -2.11. The average molecular weight is 281 g/mol. The van der Waals surface area contributed by atoms with E-state index in [4.69, 9.17) is 4.74 Å². The molecule has 108 valence electrons. The lowest BCUT2D eigenvalue weighted by atomic mass is 10.2. The number of fused-ring (bicyclic) bond motifs is 1. The Bertz CT molecular complexity index is 742. The number of benzene rings is 2. The van der Waals surface area contributed by atoms with Crippen LogP contribution in [0.4, 0.5) is 0 Å². The molecule has 0 aliphatic rings. The second kappa shape index (κ2) is 5.52. The van der Waals surface area contributed by atoms with Crippen LogP contribution in [0, 0.1) is 0 Å². The number of nitrogens with zero attached hydrogens (tertiary/aromatic N) is 1. The van der Waals surface area contributed by atoms with Crippen LogP contribution in [0.2, 0.25) is 0 Å². The lowest BCUT2D eigenvalue weighted by molar-refractivity contribution is 0.245. The van der Waals surface area contributed by atoms with Crippen molar-refractivity contribution in [3.63, 3.8) is 0 Å². The Hall–Kier alpha value is -2.42. The second-order valence-electron chi connectivity index (χ2n) is 5.47. The SMILES string of the molecule is CC(C)Oc1cccc2c1ccn2Cc1ccc(O)cc1. The molecule has 0 aliphatic carbocycles. The first kappa shape index (κ1) is 13.6. The minimum absolute atomic E-state index is 0.163. The van der Waals surface area contributed by atoms with Gasteiger partial charge in [-0.3, -0.25) is 0 Å². The van der Waals surface area contributed by atoms with Gasteiger partial charge >= 0.3 is 0 Å². The topological polar surface area (TPSA) is 34.4 Å². The maximum Gasteiger partial charge on any atom is 0.129 e. The Balaban J connectivity index is 1.95. The van der Waals surface area contributed by atoms with E-state index in [9.17, 15) is 5.11 Å². The van der Waals surface area contributed by atoms with E-state index >= 15 is 0 Å². The molecule has 0 saturated heterocycles. The normalized spacial score (nSPS) is 11.2. The average Bonchev–Trinajstić information content (AvgIpc) is 2.85. The van der Waals surface area contributed by atoms with Crippen LogP contribution in [0.25, 0.3) is 10.9 Å². The van der Waals surface area contributed by atoms with E-state index in [1.165, 1.54) is 0 Å². The van der Waals surface area contributed by atoms with E-state index in [2.05, 4.69) is 22.9 Å². The van der Waals surface area contributed by atoms with Crippen molar-refractivity contribution in [2.45, 2.75) is 26.5 Å². The first-order chi connectivity index (χ1) is 10.1. The molecule has 0 saturated carbocycles. The third kappa shape index (κ3) is 2.87. The molecule has 2 aromatic carbocycles. The van der Waals surface area contributed by atoms with Crippen molar-refractivity contribution in [3.8, 4) is 11.5 Å². The summed E-state index contributed by atoms with van der Waals surface area (Å²) in [5.74, 6) is 1.22. The fourth-order valence-electron chi connectivity index (χ4n) is 2.49. The fraction of sp³-hybridized carbons (Fsp3) is 0.222. The van der Waals surface area contributed by atoms with Crippen LogP contribution in [0.15, 0.2) is 54.7 Å². The first-order valence-corrected chi connectivity index (χ1v) is 7.16. The Labute approximate surface area is 124 Å². The largest absolute Gasteiger partial charge is 0.508 e. The number of ether oxygens (including phenoxy) is 1. The van der Waals surface area contributed by atoms with Crippen molar-refractivity contribution in [2.75, 3.05) is 0 Å². The molecule has 0 atom stereocenters. The molecule has 1 N–H and O–H groups in total. The summed E-state index contributed by atoms with van der Waals surface area (Å²) in [4.78, 5) is 0. The highest BCUT2D eigenvalue weighted by Gasteiger charge is 2.08. The molecule has 1 aromatic heterocycles. The number of phenolic OH excluding ortho intramolecular Hbond substituents is 1. The van der Waals surface area contributed by atoms with Gasteiger partial charge in [-0.1, -0.05) is 18.2 Å². The molecule has 0 amide bonds. The van der Waals surface area contributed by atoms with E-state index in [1.54, 1.807) is 12.1 Å². The van der Waals surface area contributed by atoms with Gasteiger partial charge in [-0.25, -0.2) is 0 Å². The lowest BCUT2D eigenvalue weighted by Crippen LogP contribution is -2.05. The van der Waals surface area contributed by atoms with Gasteiger partial charge in [0.2, 0.25) is 0 Å². The van der Waals surface area contributed by atoms with Crippen LogP contribution in [0.1, 0.15) is 19.4 Å². The van der Waals surface area contributed by atoms with Gasteiger partial charge in [0, 0.05) is 18.1 Å². The fourth-order valence-corrected chi connectivity index (χ4v) is 2.49. The third-order valence-corrected chi connectivity index (χ3v) is 3.43. The van der Waals surface area contributed by atoms with E-state index in [0.717, 1.165) is 28.8 Å². The van der Waals surface area contributed by atoms with Gasteiger partial charge in [0.05, 0.1) is 11.6 Å². The molecule has 3 heteroatoms. The molecule has 1 heterocycles. The van der Waals surface area contributed by atoms with Gasteiger partial charge < -0.3 is 14.4 Å². The molecule has 0 radical (unpaired) electrons. The Morgan fingerprint density at radius 2 is 1.81 bits per heavy atom. The third-order valence-electron chi connectivity index (χ3n) is 3.43. The zero-order chi connectivity index (χ0) is 14.8. The monoisotopic (exact) mass is 281 g/mol. The Morgan fingerprint density at radius 3 is 2.52 bits per heavy atom. The van der Waals surface area contributed by atoms with Crippen molar-refractivity contribution in [2.24, 2.45) is 0 Å². The number of aromatic nitrogens is 1. The van der Waals surface area contributed by atoms with Gasteiger partial charge in [0.25, 0.3) is 0 Å². The smallest absolute Gasteiger partial charge is 0.129 e. The van der Waals surface area contributed by atoms with Crippen LogP contribution >= 0.6 is 0 Å². The zero-order valence-electron chi connectivity index (χ0n) is 12.3. The maximum atomic E-state index is 9.35. The molecule has 0 fully saturated rings. The summed E-state index contributed by atoms with van der Waals surface area (Å²) in [6.45, 7) is 4.84. The van der Waals surface area contributed by atoms with Gasteiger partial charge in [-0.2, -0.15) is 0 Å². The van der Waals surface area contributed by atoms with Crippen LogP contribution in [0.3, 0.4) is 0 Å². The number of phenols is 1. The molecule has 0 aliphatic heterocycles. The van der Waals surface area contributed by atoms with Crippen molar-refractivity contribution in [1.82, 2.24) is 4.57 Å². The van der Waals surface area contributed by atoms with Crippen LogP contribution in [-0.2, 0) is 6.54 Å². The zero-order valence-corrected chi connectivity index (χ0v) is 12.3. The molecule has 21 heavy (non-hydrogen) atoms. The second-order valence-corrected chi connectivity index (χ2v) is 5.47. The highest BCUT2D eigenvalue weighted by Crippen LogP contribution is 2.28. The minimum Gasteiger partial charge on any atom is -0.508 e. The van der Waals surface area contributed by atoms with Gasteiger partial charge in [-0.05, 0) is 49.7 Å². The van der Waals surface area contributed by atoms with Crippen LogP contribution in [0.5, 0.6) is 11.5 Å². The number of aromatic hydroxyl groups is 1. The highest BCUT2D eigenvalue weighted by molar-refractivity contribution is 5.86. The standard InChI is InChI=1S/C18H19NO2/c1-13(2)21-18-5-3-4-17-16(18)10-11-19(17)12-14-6-8-15(20)9-7-14/h3-11,13,20H,12H2,1-2H3. The predicted molar refractivity (Wildman–Crippen MR) is 84.9 cm³/mol. The first-order valence-electron chi connectivity index (χ1n) is 7.16. The molecular formula is C18H19NO2. The van der Waals surface area contributed by atoms with Crippen LogP contribution in [-0.4, -0.2) is 15.8 Å². The summed E-state index contributed by atoms with van der Waals surface area (Å²) in [5, 5.41) is 10.5. The van der Waals surface area contributed by atoms with E-state index < -0.39 is 0 Å². The van der Waals surface area contributed by atoms with Crippen LogP contribution < -0.4 is 4.74 Å². The molecule has 0 unspecified atom stereocenters. The molecule has 3 rings (SSSR count). The van der Waals surface area contributed by atoms with Gasteiger partial charge in [-0.15, -0.1) is 0 Å². The summed E-state index contributed by atoms with van der Waals surface area (Å²) >= 11 is 0. The van der Waals surface area contributed by atoms with Gasteiger partial charge in [0.15, 0.2) is 0 Å². The summed E-state index contributed by atoms with van der Waals surface area (Å²) in [7, 11) is 0. The Kier molecular flexibility index (Phi) is 3.57. The highest BCUT2D eigenvalue weighted by atomic mass is 16.5. The molecule has 3 nitrogen and oxygen atoms in total. The van der Waals surface area contributed by atoms with Crippen molar-refractivity contribution in [3.05, 3.63) is 60.3 Å². The Morgan fingerprint density at radius 1 is 1.05 bits per heavy atom. The van der Waals surface area contributed by atoms with E-state index in [0.29, 0.717) is 5.75 Å².